The number of nitrogens with two attached hydrogens (primary N) is 1. The van der Waals surface area contributed by atoms with Crippen molar-refractivity contribution in [2.24, 2.45) is 0 Å². The Bertz CT molecular complexity index is 367. The maximum absolute atomic E-state index is 9.81. The van der Waals surface area contributed by atoms with Gasteiger partial charge in [0.2, 0.25) is 0 Å². The van der Waals surface area contributed by atoms with Gasteiger partial charge in [0.25, 0.3) is 0 Å². The van der Waals surface area contributed by atoms with E-state index in [2.05, 4.69) is 10.6 Å². The molecule has 4 heteroatoms. The second-order valence-electron chi connectivity index (χ2n) is 4.40. The minimum atomic E-state index is -0.352. The number of rotatable bonds is 2. The zero-order valence-corrected chi connectivity index (χ0v) is 9.53. The molecule has 2 rings (SSSR count). The molecule has 0 saturated carbocycles. The van der Waals surface area contributed by atoms with Crippen molar-refractivity contribution in [3.8, 4) is 0 Å². The molecule has 0 bridgehead atoms. The molecule has 1 aliphatic heterocycles. The Morgan fingerprint density at radius 1 is 1.50 bits per heavy atom. The van der Waals surface area contributed by atoms with Crippen molar-refractivity contribution in [1.29, 1.82) is 0 Å². The van der Waals surface area contributed by atoms with Crippen LogP contribution in [0.5, 0.6) is 0 Å². The summed E-state index contributed by atoms with van der Waals surface area (Å²) >= 11 is 0. The maximum Gasteiger partial charge on any atom is 0.0865 e. The van der Waals surface area contributed by atoms with Crippen LogP contribution in [0.2, 0.25) is 0 Å². The Morgan fingerprint density at radius 2 is 2.31 bits per heavy atom. The van der Waals surface area contributed by atoms with Crippen LogP contribution in [0.3, 0.4) is 0 Å². The highest BCUT2D eigenvalue weighted by molar-refractivity contribution is 5.67. The second-order valence-corrected chi connectivity index (χ2v) is 4.40. The number of hydrogen-bond acceptors (Lipinski definition) is 4. The van der Waals surface area contributed by atoms with Gasteiger partial charge in [-0.15, -0.1) is 0 Å². The summed E-state index contributed by atoms with van der Waals surface area (Å²) in [6.45, 7) is 3.59. The van der Waals surface area contributed by atoms with E-state index in [-0.39, 0.29) is 12.1 Å². The van der Waals surface area contributed by atoms with E-state index in [1.807, 2.05) is 25.1 Å². The molecule has 1 saturated heterocycles. The van der Waals surface area contributed by atoms with Crippen LogP contribution in [-0.2, 0) is 0 Å². The quantitative estimate of drug-likeness (QED) is 0.555. The molecule has 16 heavy (non-hydrogen) atoms. The van der Waals surface area contributed by atoms with E-state index in [0.29, 0.717) is 6.54 Å². The highest BCUT2D eigenvalue weighted by Crippen LogP contribution is 2.22. The lowest BCUT2D eigenvalue weighted by Crippen LogP contribution is -2.47. The number of aryl methyl sites for hydroxylation is 1. The first kappa shape index (κ1) is 11.2. The standard InChI is InChI=1S/C12H19N3O/c1-8-2-3-10(9(13)6-8)15-11-4-5-14-7-12(11)16/h2-3,6,11-12,14-16H,4-5,7,13H2,1H3. The number of benzene rings is 1. The van der Waals surface area contributed by atoms with Gasteiger partial charge in [-0.2, -0.15) is 0 Å². The Hall–Kier alpha value is -1.26. The minimum absolute atomic E-state index is 0.0891. The summed E-state index contributed by atoms with van der Waals surface area (Å²) < 4.78 is 0. The first-order valence-corrected chi connectivity index (χ1v) is 5.68. The Balaban J connectivity index is 2.07. The van der Waals surface area contributed by atoms with E-state index in [1.165, 1.54) is 0 Å². The molecule has 0 amide bonds. The summed E-state index contributed by atoms with van der Waals surface area (Å²) in [6, 6.07) is 6.02. The number of aliphatic hydroxyl groups excluding tert-OH is 1. The third-order valence-electron chi connectivity index (χ3n) is 3.00. The number of aliphatic hydroxyl groups is 1. The number of hydrogen-bond donors (Lipinski definition) is 4. The van der Waals surface area contributed by atoms with E-state index in [0.717, 1.165) is 29.9 Å². The number of β-amino-alcohol motifs (C(OH)–C–C–N with tert-alkyl or cyclic N) is 1. The lowest BCUT2D eigenvalue weighted by molar-refractivity contribution is 0.128. The highest BCUT2D eigenvalue weighted by atomic mass is 16.3. The molecular weight excluding hydrogens is 202 g/mol. The summed E-state index contributed by atoms with van der Waals surface area (Å²) in [5.74, 6) is 0. The fourth-order valence-electron chi connectivity index (χ4n) is 2.02. The molecule has 1 aliphatic rings. The SMILES string of the molecule is Cc1ccc(NC2CCNCC2O)c(N)c1. The predicted molar refractivity (Wildman–Crippen MR) is 66.5 cm³/mol. The number of nitrogen functional groups attached to an aromatic ring is 1. The van der Waals surface area contributed by atoms with Gasteiger partial charge in [0.1, 0.15) is 0 Å². The molecule has 0 aromatic heterocycles. The fourth-order valence-corrected chi connectivity index (χ4v) is 2.02. The fraction of sp³-hybridized carbons (Fsp3) is 0.500. The van der Waals surface area contributed by atoms with Gasteiger partial charge < -0.3 is 21.5 Å². The Kier molecular flexibility index (Phi) is 3.31. The van der Waals surface area contributed by atoms with Gasteiger partial charge in [-0.25, -0.2) is 0 Å². The van der Waals surface area contributed by atoms with Crippen LogP contribution in [0.25, 0.3) is 0 Å². The maximum atomic E-state index is 9.81. The Labute approximate surface area is 95.8 Å². The highest BCUT2D eigenvalue weighted by Gasteiger charge is 2.22. The molecular formula is C12H19N3O. The monoisotopic (exact) mass is 221 g/mol. The molecule has 1 aromatic rings. The van der Waals surface area contributed by atoms with Crippen molar-refractivity contribution in [2.45, 2.75) is 25.5 Å². The van der Waals surface area contributed by atoms with Gasteiger partial charge in [0, 0.05) is 6.54 Å². The molecule has 1 fully saturated rings. The van der Waals surface area contributed by atoms with Crippen molar-refractivity contribution in [3.05, 3.63) is 23.8 Å². The average Bonchev–Trinajstić information content (AvgIpc) is 2.25. The summed E-state index contributed by atoms with van der Waals surface area (Å²) in [4.78, 5) is 0. The van der Waals surface area contributed by atoms with Gasteiger partial charge in [-0.3, -0.25) is 0 Å². The lowest BCUT2D eigenvalue weighted by Gasteiger charge is -2.30. The topological polar surface area (TPSA) is 70.3 Å². The van der Waals surface area contributed by atoms with Crippen LogP contribution in [0.1, 0.15) is 12.0 Å². The molecule has 88 valence electrons. The first-order chi connectivity index (χ1) is 7.66. The van der Waals surface area contributed by atoms with Crippen molar-refractivity contribution < 1.29 is 5.11 Å². The third kappa shape index (κ3) is 2.46. The van der Waals surface area contributed by atoms with E-state index in [9.17, 15) is 5.11 Å². The van der Waals surface area contributed by atoms with E-state index in [1.54, 1.807) is 0 Å². The first-order valence-electron chi connectivity index (χ1n) is 5.68. The van der Waals surface area contributed by atoms with Crippen molar-refractivity contribution in [1.82, 2.24) is 5.32 Å². The van der Waals surface area contributed by atoms with Gasteiger partial charge in [0.05, 0.1) is 23.5 Å². The third-order valence-corrected chi connectivity index (χ3v) is 3.00. The molecule has 1 aromatic carbocycles. The molecule has 0 radical (unpaired) electrons. The normalized spacial score (nSPS) is 25.4. The molecule has 0 aliphatic carbocycles. The lowest BCUT2D eigenvalue weighted by atomic mass is 10.0. The van der Waals surface area contributed by atoms with E-state index in [4.69, 9.17) is 5.73 Å². The molecule has 2 atom stereocenters. The molecule has 1 heterocycles. The molecule has 2 unspecified atom stereocenters. The summed E-state index contributed by atoms with van der Waals surface area (Å²) in [5.41, 5.74) is 8.73. The second kappa shape index (κ2) is 4.72. The van der Waals surface area contributed by atoms with Crippen molar-refractivity contribution in [2.75, 3.05) is 24.1 Å². The van der Waals surface area contributed by atoms with Crippen LogP contribution in [0, 0.1) is 6.92 Å². The zero-order valence-electron chi connectivity index (χ0n) is 9.53. The summed E-state index contributed by atoms with van der Waals surface area (Å²) in [6.07, 6.45) is 0.559. The van der Waals surface area contributed by atoms with E-state index < -0.39 is 0 Å². The average molecular weight is 221 g/mol. The van der Waals surface area contributed by atoms with Crippen molar-refractivity contribution >= 4 is 11.4 Å². The largest absolute Gasteiger partial charge is 0.397 e. The van der Waals surface area contributed by atoms with Crippen LogP contribution >= 0.6 is 0 Å². The van der Waals surface area contributed by atoms with Gasteiger partial charge in [0.15, 0.2) is 0 Å². The molecule has 0 spiro atoms. The van der Waals surface area contributed by atoms with Gasteiger partial charge in [-0.1, -0.05) is 6.07 Å². The van der Waals surface area contributed by atoms with Crippen molar-refractivity contribution in [3.63, 3.8) is 0 Å². The zero-order chi connectivity index (χ0) is 11.5. The summed E-state index contributed by atoms with van der Waals surface area (Å²) in [7, 11) is 0. The number of piperidine rings is 1. The number of anilines is 2. The summed E-state index contributed by atoms with van der Waals surface area (Å²) in [5, 5.41) is 16.3. The van der Waals surface area contributed by atoms with Crippen LogP contribution in [0.4, 0.5) is 11.4 Å². The van der Waals surface area contributed by atoms with Gasteiger partial charge in [-0.05, 0) is 37.6 Å². The van der Waals surface area contributed by atoms with Gasteiger partial charge >= 0.3 is 0 Å². The predicted octanol–water partition coefficient (Wildman–Crippen LogP) is 0.712. The van der Waals surface area contributed by atoms with E-state index >= 15 is 0 Å². The Morgan fingerprint density at radius 3 is 3.00 bits per heavy atom. The van der Waals surface area contributed by atoms with Crippen LogP contribution in [-0.4, -0.2) is 30.3 Å². The van der Waals surface area contributed by atoms with Crippen LogP contribution < -0.4 is 16.4 Å². The smallest absolute Gasteiger partial charge is 0.0865 e. The molecule has 5 N–H and O–H groups in total. The minimum Gasteiger partial charge on any atom is -0.397 e. The van der Waals surface area contributed by atoms with Crippen LogP contribution in [0.15, 0.2) is 18.2 Å². The number of nitrogens with one attached hydrogen (secondary N) is 2. The molecule has 4 nitrogen and oxygen atoms in total.